The quantitative estimate of drug-likeness (QED) is 0.692. The standard InChI is InChI=1S/C22H19N3O3/c1-28-22(27)16-10-5-6-12-18(16)24-20-19-17(11-7-13-23-19)21(26)25(20)14-15-8-3-2-4-9-15/h2-13,20,24H,14H2,1H3. The predicted molar refractivity (Wildman–Crippen MR) is 105 cm³/mol. The van der Waals surface area contributed by atoms with Crippen LogP contribution in [0.4, 0.5) is 5.69 Å². The van der Waals surface area contributed by atoms with Crippen LogP contribution in [0.15, 0.2) is 72.9 Å². The van der Waals surface area contributed by atoms with Crippen molar-refractivity contribution in [3.05, 3.63) is 95.3 Å². The lowest BCUT2D eigenvalue weighted by atomic mass is 10.1. The average molecular weight is 373 g/mol. The fraction of sp³-hybridized carbons (Fsp3) is 0.136. The van der Waals surface area contributed by atoms with Crippen LogP contribution < -0.4 is 5.32 Å². The van der Waals surface area contributed by atoms with Gasteiger partial charge in [0.25, 0.3) is 5.91 Å². The molecule has 1 aliphatic rings. The molecule has 6 heteroatoms. The van der Waals surface area contributed by atoms with Gasteiger partial charge in [-0.1, -0.05) is 42.5 Å². The van der Waals surface area contributed by atoms with E-state index in [1.807, 2.05) is 36.4 Å². The molecule has 4 rings (SSSR count). The van der Waals surface area contributed by atoms with Gasteiger partial charge in [-0.05, 0) is 29.8 Å². The number of nitrogens with zero attached hydrogens (tertiary/aromatic N) is 2. The van der Waals surface area contributed by atoms with Crippen LogP contribution in [-0.4, -0.2) is 28.9 Å². The first-order chi connectivity index (χ1) is 13.7. The number of amides is 1. The van der Waals surface area contributed by atoms with Gasteiger partial charge in [0.05, 0.1) is 29.6 Å². The van der Waals surface area contributed by atoms with E-state index in [4.69, 9.17) is 4.74 Å². The Balaban J connectivity index is 1.72. The van der Waals surface area contributed by atoms with Crippen LogP contribution in [0.3, 0.4) is 0 Å². The molecule has 2 aromatic carbocycles. The van der Waals surface area contributed by atoms with Gasteiger partial charge in [0, 0.05) is 12.7 Å². The Hall–Kier alpha value is -3.67. The third-order valence-electron chi connectivity index (χ3n) is 4.72. The minimum Gasteiger partial charge on any atom is -0.465 e. The van der Waals surface area contributed by atoms with Crippen molar-refractivity contribution in [2.45, 2.75) is 12.7 Å². The van der Waals surface area contributed by atoms with Crippen molar-refractivity contribution in [1.82, 2.24) is 9.88 Å². The molecule has 0 fully saturated rings. The Morgan fingerprint density at radius 3 is 2.61 bits per heavy atom. The molecule has 1 atom stereocenters. The highest BCUT2D eigenvalue weighted by molar-refractivity contribution is 5.99. The molecule has 1 amide bonds. The van der Waals surface area contributed by atoms with Gasteiger partial charge < -0.3 is 15.0 Å². The van der Waals surface area contributed by atoms with Gasteiger partial charge in [0.1, 0.15) is 6.17 Å². The van der Waals surface area contributed by atoms with Gasteiger partial charge >= 0.3 is 5.97 Å². The lowest BCUT2D eigenvalue weighted by Crippen LogP contribution is -2.32. The summed E-state index contributed by atoms with van der Waals surface area (Å²) in [7, 11) is 1.34. The van der Waals surface area contributed by atoms with Crippen molar-refractivity contribution in [3.8, 4) is 0 Å². The van der Waals surface area contributed by atoms with Crippen LogP contribution in [0.2, 0.25) is 0 Å². The number of aromatic nitrogens is 1. The SMILES string of the molecule is COC(=O)c1ccccc1NC1c2ncccc2C(=O)N1Cc1ccccc1. The second-order valence-electron chi connectivity index (χ2n) is 6.44. The van der Waals surface area contributed by atoms with E-state index < -0.39 is 12.1 Å². The topological polar surface area (TPSA) is 71.5 Å². The average Bonchev–Trinajstić information content (AvgIpc) is 3.00. The molecular formula is C22H19N3O3. The van der Waals surface area contributed by atoms with Gasteiger partial charge in [0.15, 0.2) is 0 Å². The smallest absolute Gasteiger partial charge is 0.339 e. The Bertz CT molecular complexity index is 1020. The number of hydrogen-bond donors (Lipinski definition) is 1. The van der Waals surface area contributed by atoms with Crippen LogP contribution in [0.25, 0.3) is 0 Å². The van der Waals surface area contributed by atoms with Crippen molar-refractivity contribution < 1.29 is 14.3 Å². The fourth-order valence-corrected chi connectivity index (χ4v) is 3.37. The summed E-state index contributed by atoms with van der Waals surface area (Å²) in [6.45, 7) is 0.425. The molecule has 0 radical (unpaired) electrons. The van der Waals surface area contributed by atoms with E-state index in [9.17, 15) is 9.59 Å². The number of hydrogen-bond acceptors (Lipinski definition) is 5. The number of rotatable bonds is 5. The molecule has 1 unspecified atom stereocenters. The molecule has 0 spiro atoms. The highest BCUT2D eigenvalue weighted by Gasteiger charge is 2.38. The zero-order valence-electron chi connectivity index (χ0n) is 15.3. The first-order valence-corrected chi connectivity index (χ1v) is 8.92. The van der Waals surface area contributed by atoms with Gasteiger partial charge in [0.2, 0.25) is 0 Å². The summed E-state index contributed by atoms with van der Waals surface area (Å²) in [4.78, 5) is 31.3. The Morgan fingerprint density at radius 2 is 1.82 bits per heavy atom. The number of methoxy groups -OCH3 is 1. The number of ether oxygens (including phenoxy) is 1. The van der Waals surface area contributed by atoms with Crippen molar-refractivity contribution in [1.29, 1.82) is 0 Å². The van der Waals surface area contributed by atoms with Crippen LogP contribution in [0, 0.1) is 0 Å². The summed E-state index contributed by atoms with van der Waals surface area (Å²) in [5.41, 5.74) is 3.21. The predicted octanol–water partition coefficient (Wildman–Crippen LogP) is 3.63. The molecule has 1 aromatic heterocycles. The minimum absolute atomic E-state index is 0.0972. The summed E-state index contributed by atoms with van der Waals surface area (Å²) in [5, 5.41) is 3.32. The zero-order chi connectivity index (χ0) is 19.5. The van der Waals surface area contributed by atoms with Crippen molar-refractivity contribution >= 4 is 17.6 Å². The van der Waals surface area contributed by atoms with E-state index in [1.165, 1.54) is 7.11 Å². The van der Waals surface area contributed by atoms with E-state index in [-0.39, 0.29) is 5.91 Å². The molecule has 0 bridgehead atoms. The van der Waals surface area contributed by atoms with Crippen LogP contribution in [0.1, 0.15) is 38.1 Å². The van der Waals surface area contributed by atoms with Crippen LogP contribution >= 0.6 is 0 Å². The maximum Gasteiger partial charge on any atom is 0.339 e. The lowest BCUT2D eigenvalue weighted by molar-refractivity contribution is 0.0601. The fourth-order valence-electron chi connectivity index (χ4n) is 3.37. The normalized spacial score (nSPS) is 15.2. The number of nitrogens with one attached hydrogen (secondary N) is 1. The van der Waals surface area contributed by atoms with E-state index >= 15 is 0 Å². The maximum atomic E-state index is 13.0. The maximum absolute atomic E-state index is 13.0. The number of fused-ring (bicyclic) bond motifs is 1. The molecule has 0 aliphatic carbocycles. The largest absolute Gasteiger partial charge is 0.465 e. The number of benzene rings is 2. The molecule has 1 N–H and O–H groups in total. The first kappa shape index (κ1) is 17.7. The lowest BCUT2D eigenvalue weighted by Gasteiger charge is -2.27. The second kappa shape index (κ2) is 7.52. The molecule has 0 saturated heterocycles. The van der Waals surface area contributed by atoms with Crippen LogP contribution in [-0.2, 0) is 11.3 Å². The first-order valence-electron chi connectivity index (χ1n) is 8.92. The molecule has 6 nitrogen and oxygen atoms in total. The Morgan fingerprint density at radius 1 is 1.07 bits per heavy atom. The third-order valence-corrected chi connectivity index (χ3v) is 4.72. The molecule has 1 aliphatic heterocycles. The van der Waals surface area contributed by atoms with Gasteiger partial charge in [-0.25, -0.2) is 4.79 Å². The number of carbonyl (C=O) groups is 2. The van der Waals surface area contributed by atoms with E-state index in [0.717, 1.165) is 5.56 Å². The number of carbonyl (C=O) groups excluding carboxylic acids is 2. The number of pyridine rings is 1. The highest BCUT2D eigenvalue weighted by Crippen LogP contribution is 2.35. The molecule has 2 heterocycles. The molecule has 28 heavy (non-hydrogen) atoms. The number of para-hydroxylation sites is 1. The highest BCUT2D eigenvalue weighted by atomic mass is 16.5. The summed E-state index contributed by atoms with van der Waals surface area (Å²) in [6, 6.07) is 20.4. The van der Waals surface area contributed by atoms with E-state index in [1.54, 1.807) is 41.4 Å². The third kappa shape index (κ3) is 3.20. The van der Waals surface area contributed by atoms with E-state index in [2.05, 4.69) is 10.3 Å². The molecule has 140 valence electrons. The second-order valence-corrected chi connectivity index (χ2v) is 6.44. The minimum atomic E-state index is -0.491. The molecule has 0 saturated carbocycles. The van der Waals surface area contributed by atoms with Crippen molar-refractivity contribution in [2.24, 2.45) is 0 Å². The number of anilines is 1. The summed E-state index contributed by atoms with van der Waals surface area (Å²) >= 11 is 0. The van der Waals surface area contributed by atoms with Gasteiger partial charge in [-0.2, -0.15) is 0 Å². The van der Waals surface area contributed by atoms with Crippen molar-refractivity contribution in [3.63, 3.8) is 0 Å². The van der Waals surface area contributed by atoms with Crippen LogP contribution in [0.5, 0.6) is 0 Å². The Kier molecular flexibility index (Phi) is 4.76. The number of esters is 1. The molecular weight excluding hydrogens is 354 g/mol. The zero-order valence-corrected chi connectivity index (χ0v) is 15.3. The monoisotopic (exact) mass is 373 g/mol. The Labute approximate surface area is 162 Å². The van der Waals surface area contributed by atoms with E-state index in [0.29, 0.717) is 29.1 Å². The van der Waals surface area contributed by atoms with Crippen molar-refractivity contribution in [2.75, 3.05) is 12.4 Å². The van der Waals surface area contributed by atoms with Gasteiger partial charge in [-0.15, -0.1) is 0 Å². The van der Waals surface area contributed by atoms with Gasteiger partial charge in [-0.3, -0.25) is 9.78 Å². The molecule has 3 aromatic rings. The summed E-state index contributed by atoms with van der Waals surface area (Å²) < 4.78 is 4.88. The summed E-state index contributed by atoms with van der Waals surface area (Å²) in [5.74, 6) is -0.539. The summed E-state index contributed by atoms with van der Waals surface area (Å²) in [6.07, 6.45) is 1.17.